The number of ether oxygens (including phenoxy) is 1. The molecule has 0 aromatic heterocycles. The van der Waals surface area contributed by atoms with E-state index in [-0.39, 0.29) is 48.5 Å². The summed E-state index contributed by atoms with van der Waals surface area (Å²) >= 11 is 0. The van der Waals surface area contributed by atoms with Gasteiger partial charge in [0.2, 0.25) is 0 Å². The summed E-state index contributed by atoms with van der Waals surface area (Å²) in [5, 5.41) is 16.6. The van der Waals surface area contributed by atoms with E-state index in [2.05, 4.69) is 15.6 Å². The lowest BCUT2D eigenvalue weighted by Gasteiger charge is -2.40. The molecule has 2 rings (SSSR count). The Morgan fingerprint density at radius 2 is 1.96 bits per heavy atom. The normalized spacial score (nSPS) is 15.9. The monoisotopic (exact) mass is 508 g/mol. The second-order valence-corrected chi connectivity index (χ2v) is 7.51. The zero-order valence-electron chi connectivity index (χ0n) is 16.7. The molecule has 1 fully saturated rings. The number of hydrogen-bond donors (Lipinski definition) is 3. The van der Waals surface area contributed by atoms with Crippen molar-refractivity contribution in [3.63, 3.8) is 0 Å². The predicted octanol–water partition coefficient (Wildman–Crippen LogP) is 2.65. The molecule has 9 heteroatoms. The van der Waals surface area contributed by atoms with Gasteiger partial charge in [-0.15, -0.1) is 24.0 Å². The summed E-state index contributed by atoms with van der Waals surface area (Å²) in [6, 6.07) is 5.77. The number of carbonyl (C=O) groups is 1. The molecule has 1 amide bonds. The number of nitrogens with one attached hydrogen (secondary N) is 2. The second kappa shape index (κ2) is 10.8. The van der Waals surface area contributed by atoms with Gasteiger partial charge in [-0.1, -0.05) is 12.1 Å². The topological polar surface area (TPSA) is 86.2 Å². The van der Waals surface area contributed by atoms with Crippen LogP contribution in [-0.2, 0) is 4.74 Å². The SMILES string of the molecule is CCNC(=NCC(O)c1ccc(F)cc1)NC1CN(C(=O)OC(C)(C)C)C1.I. The Hall–Kier alpha value is -1.62. The van der Waals surface area contributed by atoms with E-state index in [1.54, 1.807) is 17.0 Å². The van der Waals surface area contributed by atoms with E-state index in [0.717, 1.165) is 0 Å². The molecule has 7 nitrogen and oxygen atoms in total. The van der Waals surface area contributed by atoms with Crippen molar-refractivity contribution in [3.8, 4) is 0 Å². The van der Waals surface area contributed by atoms with Crippen molar-refractivity contribution in [1.29, 1.82) is 0 Å². The van der Waals surface area contributed by atoms with Crippen LogP contribution in [0, 0.1) is 5.82 Å². The van der Waals surface area contributed by atoms with Crippen molar-refractivity contribution >= 4 is 36.0 Å². The molecular weight excluding hydrogens is 478 g/mol. The first kappa shape index (κ1) is 24.4. The zero-order chi connectivity index (χ0) is 20.0. The molecule has 1 heterocycles. The number of benzene rings is 1. The molecule has 28 heavy (non-hydrogen) atoms. The number of carbonyl (C=O) groups excluding carboxylic acids is 1. The molecule has 1 aromatic carbocycles. The van der Waals surface area contributed by atoms with E-state index in [1.165, 1.54) is 12.1 Å². The van der Waals surface area contributed by atoms with E-state index in [9.17, 15) is 14.3 Å². The molecule has 1 aromatic rings. The molecule has 0 saturated carbocycles. The Morgan fingerprint density at radius 1 is 1.36 bits per heavy atom. The minimum absolute atomic E-state index is 0. The molecule has 1 unspecified atom stereocenters. The van der Waals surface area contributed by atoms with Crippen molar-refractivity contribution in [3.05, 3.63) is 35.6 Å². The maximum absolute atomic E-state index is 13.0. The third-order valence-electron chi connectivity index (χ3n) is 3.90. The lowest BCUT2D eigenvalue weighted by Crippen LogP contribution is -2.63. The van der Waals surface area contributed by atoms with Crippen LogP contribution < -0.4 is 10.6 Å². The van der Waals surface area contributed by atoms with E-state index in [0.29, 0.717) is 31.2 Å². The number of amides is 1. The quantitative estimate of drug-likeness (QED) is 0.324. The van der Waals surface area contributed by atoms with Gasteiger partial charge >= 0.3 is 6.09 Å². The van der Waals surface area contributed by atoms with E-state index in [1.807, 2.05) is 27.7 Å². The van der Waals surface area contributed by atoms with E-state index in [4.69, 9.17) is 4.74 Å². The predicted molar refractivity (Wildman–Crippen MR) is 117 cm³/mol. The molecule has 1 saturated heterocycles. The summed E-state index contributed by atoms with van der Waals surface area (Å²) in [5.41, 5.74) is 0.0957. The molecule has 1 aliphatic heterocycles. The highest BCUT2D eigenvalue weighted by molar-refractivity contribution is 14.0. The van der Waals surface area contributed by atoms with Gasteiger partial charge in [0, 0.05) is 19.6 Å². The molecule has 0 aliphatic carbocycles. The van der Waals surface area contributed by atoms with Gasteiger partial charge in [-0.25, -0.2) is 9.18 Å². The third kappa shape index (κ3) is 7.78. The van der Waals surface area contributed by atoms with Gasteiger partial charge in [0.1, 0.15) is 11.4 Å². The van der Waals surface area contributed by atoms with Crippen LogP contribution in [-0.4, -0.2) is 59.9 Å². The Labute approximate surface area is 182 Å². The first-order valence-electron chi connectivity index (χ1n) is 9.14. The van der Waals surface area contributed by atoms with Crippen LogP contribution in [0.2, 0.25) is 0 Å². The van der Waals surface area contributed by atoms with E-state index < -0.39 is 11.7 Å². The highest BCUT2D eigenvalue weighted by atomic mass is 127. The Morgan fingerprint density at radius 3 is 2.50 bits per heavy atom. The fourth-order valence-electron chi connectivity index (χ4n) is 2.53. The van der Waals surface area contributed by atoms with Crippen LogP contribution in [0.3, 0.4) is 0 Å². The number of aliphatic imine (C=N–C) groups is 1. The Balaban J connectivity index is 0.00000392. The van der Waals surface area contributed by atoms with Crippen LogP contribution in [0.25, 0.3) is 0 Å². The molecule has 3 N–H and O–H groups in total. The summed E-state index contributed by atoms with van der Waals surface area (Å²) in [5.74, 6) is 0.219. The van der Waals surface area contributed by atoms with Crippen molar-refractivity contribution in [2.45, 2.75) is 45.4 Å². The number of rotatable bonds is 5. The van der Waals surface area contributed by atoms with Crippen LogP contribution in [0.5, 0.6) is 0 Å². The van der Waals surface area contributed by atoms with Crippen molar-refractivity contribution in [2.24, 2.45) is 4.99 Å². The van der Waals surface area contributed by atoms with Gasteiger partial charge in [-0.05, 0) is 45.4 Å². The van der Waals surface area contributed by atoms with Crippen LogP contribution in [0.1, 0.15) is 39.4 Å². The average Bonchev–Trinajstić information content (AvgIpc) is 2.53. The second-order valence-electron chi connectivity index (χ2n) is 7.51. The van der Waals surface area contributed by atoms with Gasteiger partial charge in [-0.2, -0.15) is 0 Å². The standard InChI is InChI=1S/C19H29FN4O3.HI/c1-5-21-17(22-10-16(25)13-6-8-14(20)9-7-13)23-15-11-24(12-15)18(26)27-19(2,3)4;/h6-9,15-16,25H,5,10-12H2,1-4H3,(H2,21,22,23);1H. The van der Waals surface area contributed by atoms with Crippen molar-refractivity contribution in [2.75, 3.05) is 26.2 Å². The van der Waals surface area contributed by atoms with Crippen molar-refractivity contribution in [1.82, 2.24) is 15.5 Å². The van der Waals surface area contributed by atoms with Crippen molar-refractivity contribution < 1.29 is 19.0 Å². The minimum Gasteiger partial charge on any atom is -0.444 e. The van der Waals surface area contributed by atoms with Gasteiger partial charge in [0.15, 0.2) is 5.96 Å². The minimum atomic E-state index is -0.819. The summed E-state index contributed by atoms with van der Waals surface area (Å²) in [6.45, 7) is 9.32. The number of nitrogens with zero attached hydrogens (tertiary/aromatic N) is 2. The maximum atomic E-state index is 13.0. The zero-order valence-corrected chi connectivity index (χ0v) is 19.1. The maximum Gasteiger partial charge on any atom is 0.410 e. The molecule has 1 atom stereocenters. The highest BCUT2D eigenvalue weighted by Gasteiger charge is 2.34. The first-order chi connectivity index (χ1) is 12.7. The number of aliphatic hydroxyl groups is 1. The smallest absolute Gasteiger partial charge is 0.410 e. The average molecular weight is 508 g/mol. The lowest BCUT2D eigenvalue weighted by molar-refractivity contribution is 0.00700. The largest absolute Gasteiger partial charge is 0.444 e. The van der Waals surface area contributed by atoms with E-state index >= 15 is 0 Å². The Kier molecular flexibility index (Phi) is 9.42. The molecule has 0 radical (unpaired) electrons. The number of halogens is 2. The van der Waals surface area contributed by atoms with Crippen LogP contribution in [0.4, 0.5) is 9.18 Å². The summed E-state index contributed by atoms with van der Waals surface area (Å²) < 4.78 is 18.3. The molecule has 0 bridgehead atoms. The molecule has 158 valence electrons. The van der Waals surface area contributed by atoms with Crippen LogP contribution >= 0.6 is 24.0 Å². The summed E-state index contributed by atoms with van der Waals surface area (Å²) in [6.07, 6.45) is -1.14. The fourth-order valence-corrected chi connectivity index (χ4v) is 2.53. The van der Waals surface area contributed by atoms with Gasteiger partial charge in [0.25, 0.3) is 0 Å². The number of guanidine groups is 1. The molecular formula is C19H30FIN4O3. The molecule has 1 aliphatic rings. The highest BCUT2D eigenvalue weighted by Crippen LogP contribution is 2.16. The van der Waals surface area contributed by atoms with Gasteiger partial charge < -0.3 is 25.4 Å². The summed E-state index contributed by atoms with van der Waals surface area (Å²) in [4.78, 5) is 18.0. The number of hydrogen-bond acceptors (Lipinski definition) is 4. The fraction of sp³-hybridized carbons (Fsp3) is 0.579. The van der Waals surface area contributed by atoms with Gasteiger partial charge in [0.05, 0.1) is 18.7 Å². The third-order valence-corrected chi connectivity index (χ3v) is 3.90. The molecule has 0 spiro atoms. The lowest BCUT2D eigenvalue weighted by atomic mass is 10.1. The first-order valence-corrected chi connectivity index (χ1v) is 9.14. The summed E-state index contributed by atoms with van der Waals surface area (Å²) in [7, 11) is 0. The number of aliphatic hydroxyl groups excluding tert-OH is 1. The van der Waals surface area contributed by atoms with Crippen LogP contribution in [0.15, 0.2) is 29.3 Å². The van der Waals surface area contributed by atoms with Gasteiger partial charge in [-0.3, -0.25) is 4.99 Å². The Bertz CT molecular complexity index is 658. The number of likely N-dealkylation sites (tertiary alicyclic amines) is 1.